The van der Waals surface area contributed by atoms with Gasteiger partial charge in [-0.2, -0.15) is 0 Å². The molecule has 0 saturated carbocycles. The van der Waals surface area contributed by atoms with E-state index >= 15 is 0 Å². The van der Waals surface area contributed by atoms with Crippen molar-refractivity contribution in [2.75, 3.05) is 13.0 Å². The number of carbonyl (C=O) groups is 2. The summed E-state index contributed by atoms with van der Waals surface area (Å²) in [6.07, 6.45) is 0. The standard InChI is InChI=1S/C13H13ClN2O3/c1-19-12(17)10-9(7-14)15-13(18)16-11(10)8-5-3-2-4-6-8/h2-6,11H,7H2,1H3,(H2,15,16,18)/t11-/m0/s1. The van der Waals surface area contributed by atoms with Gasteiger partial charge in [-0.3, -0.25) is 0 Å². The van der Waals surface area contributed by atoms with Gasteiger partial charge in [-0.25, -0.2) is 9.59 Å². The lowest BCUT2D eigenvalue weighted by Gasteiger charge is -2.28. The van der Waals surface area contributed by atoms with Gasteiger partial charge in [0.15, 0.2) is 0 Å². The fourth-order valence-corrected chi connectivity index (χ4v) is 2.18. The highest BCUT2D eigenvalue weighted by Crippen LogP contribution is 2.27. The largest absolute Gasteiger partial charge is 0.466 e. The fourth-order valence-electron chi connectivity index (χ4n) is 1.97. The van der Waals surface area contributed by atoms with Crippen LogP contribution in [0.15, 0.2) is 41.6 Å². The molecule has 6 heteroatoms. The Morgan fingerprint density at radius 2 is 2.05 bits per heavy atom. The number of benzene rings is 1. The molecule has 0 bridgehead atoms. The van der Waals surface area contributed by atoms with Crippen LogP contribution in [0, 0.1) is 0 Å². The highest BCUT2D eigenvalue weighted by molar-refractivity contribution is 6.20. The van der Waals surface area contributed by atoms with E-state index in [0.717, 1.165) is 5.56 Å². The van der Waals surface area contributed by atoms with Crippen LogP contribution in [0.25, 0.3) is 0 Å². The number of carbonyl (C=O) groups excluding carboxylic acids is 2. The fraction of sp³-hybridized carbons (Fsp3) is 0.231. The normalized spacial score (nSPS) is 18.6. The summed E-state index contributed by atoms with van der Waals surface area (Å²) in [5, 5.41) is 5.22. The van der Waals surface area contributed by atoms with E-state index in [4.69, 9.17) is 16.3 Å². The van der Waals surface area contributed by atoms with E-state index in [2.05, 4.69) is 10.6 Å². The van der Waals surface area contributed by atoms with E-state index in [1.807, 2.05) is 30.3 Å². The number of rotatable bonds is 3. The Morgan fingerprint density at radius 3 is 2.63 bits per heavy atom. The van der Waals surface area contributed by atoms with Crippen molar-refractivity contribution in [3.05, 3.63) is 47.2 Å². The molecule has 1 heterocycles. The Hall–Kier alpha value is -2.01. The molecule has 1 aliphatic heterocycles. The molecule has 19 heavy (non-hydrogen) atoms. The van der Waals surface area contributed by atoms with Crippen molar-refractivity contribution in [2.24, 2.45) is 0 Å². The number of urea groups is 1. The SMILES string of the molecule is COC(=O)C1=C(CCl)NC(=O)N[C@H]1c1ccccc1. The first-order valence-electron chi connectivity index (χ1n) is 5.67. The summed E-state index contributed by atoms with van der Waals surface area (Å²) in [4.78, 5) is 23.5. The Kier molecular flexibility index (Phi) is 4.06. The molecule has 0 saturated heterocycles. The highest BCUT2D eigenvalue weighted by atomic mass is 35.5. The zero-order valence-corrected chi connectivity index (χ0v) is 11.0. The molecule has 5 nitrogen and oxygen atoms in total. The molecule has 0 aromatic heterocycles. The number of hydrogen-bond donors (Lipinski definition) is 2. The highest BCUT2D eigenvalue weighted by Gasteiger charge is 2.32. The number of halogens is 1. The van der Waals surface area contributed by atoms with Crippen LogP contribution in [0.5, 0.6) is 0 Å². The van der Waals surface area contributed by atoms with Crippen molar-refractivity contribution in [1.82, 2.24) is 10.6 Å². The first kappa shape index (κ1) is 13.4. The maximum atomic E-state index is 11.9. The van der Waals surface area contributed by atoms with Gasteiger partial charge in [0.2, 0.25) is 0 Å². The predicted octanol–water partition coefficient (Wildman–Crippen LogP) is 1.71. The number of hydrogen-bond acceptors (Lipinski definition) is 3. The Bertz CT molecular complexity index is 528. The molecule has 2 N–H and O–H groups in total. The minimum absolute atomic E-state index is 0.0290. The first-order valence-corrected chi connectivity index (χ1v) is 6.20. The van der Waals surface area contributed by atoms with Crippen LogP contribution in [0.2, 0.25) is 0 Å². The molecular weight excluding hydrogens is 268 g/mol. The van der Waals surface area contributed by atoms with Crippen molar-refractivity contribution in [1.29, 1.82) is 0 Å². The van der Waals surface area contributed by atoms with Crippen molar-refractivity contribution in [3.63, 3.8) is 0 Å². The number of esters is 1. The molecule has 1 atom stereocenters. The topological polar surface area (TPSA) is 67.4 Å². The molecular formula is C13H13ClN2O3. The minimum atomic E-state index is -0.559. The summed E-state index contributed by atoms with van der Waals surface area (Å²) in [5.74, 6) is -0.488. The van der Waals surface area contributed by atoms with Crippen LogP contribution in [0.4, 0.5) is 4.79 Å². The quantitative estimate of drug-likeness (QED) is 0.654. The lowest BCUT2D eigenvalue weighted by Crippen LogP contribution is -2.46. The minimum Gasteiger partial charge on any atom is -0.466 e. The van der Waals surface area contributed by atoms with Crippen molar-refractivity contribution >= 4 is 23.6 Å². The molecule has 2 rings (SSSR count). The second-order valence-corrected chi connectivity index (χ2v) is 4.23. The third-order valence-electron chi connectivity index (χ3n) is 2.83. The molecule has 100 valence electrons. The summed E-state index contributed by atoms with van der Waals surface area (Å²) in [6.45, 7) is 0. The summed E-state index contributed by atoms with van der Waals surface area (Å²) in [5.41, 5.74) is 1.48. The average molecular weight is 281 g/mol. The van der Waals surface area contributed by atoms with Gasteiger partial charge in [-0.05, 0) is 5.56 Å². The number of nitrogens with one attached hydrogen (secondary N) is 2. The van der Waals surface area contributed by atoms with Crippen LogP contribution in [-0.2, 0) is 9.53 Å². The monoisotopic (exact) mass is 280 g/mol. The Balaban J connectivity index is 2.50. The molecule has 1 aromatic carbocycles. The molecule has 0 unspecified atom stereocenters. The average Bonchev–Trinajstić information content (AvgIpc) is 2.46. The summed E-state index contributed by atoms with van der Waals surface area (Å²) < 4.78 is 4.76. The molecule has 0 fully saturated rings. The van der Waals surface area contributed by atoms with Gasteiger partial charge in [0.1, 0.15) is 0 Å². The lowest BCUT2D eigenvalue weighted by atomic mass is 9.96. The number of amides is 2. The van der Waals surface area contributed by atoms with Crippen molar-refractivity contribution in [3.8, 4) is 0 Å². The summed E-state index contributed by atoms with van der Waals surface area (Å²) in [6, 6.07) is 8.22. The van der Waals surface area contributed by atoms with Gasteiger partial charge >= 0.3 is 12.0 Å². The van der Waals surface area contributed by atoms with E-state index in [1.165, 1.54) is 7.11 Å². The molecule has 0 spiro atoms. The first-order chi connectivity index (χ1) is 9.17. The Morgan fingerprint density at radius 1 is 1.37 bits per heavy atom. The zero-order valence-electron chi connectivity index (χ0n) is 10.3. The Labute approximate surface area is 115 Å². The van der Waals surface area contributed by atoms with Crippen LogP contribution < -0.4 is 10.6 Å². The van der Waals surface area contributed by atoms with Crippen molar-refractivity contribution in [2.45, 2.75) is 6.04 Å². The summed E-state index contributed by atoms with van der Waals surface area (Å²) in [7, 11) is 1.29. The van der Waals surface area contributed by atoms with E-state index < -0.39 is 18.0 Å². The summed E-state index contributed by atoms with van der Waals surface area (Å²) >= 11 is 5.79. The predicted molar refractivity (Wildman–Crippen MR) is 70.6 cm³/mol. The lowest BCUT2D eigenvalue weighted by molar-refractivity contribution is -0.136. The maximum absolute atomic E-state index is 11.9. The molecule has 1 aromatic rings. The van der Waals surface area contributed by atoms with Crippen molar-refractivity contribution < 1.29 is 14.3 Å². The zero-order chi connectivity index (χ0) is 13.8. The third-order valence-corrected chi connectivity index (χ3v) is 3.09. The van der Waals surface area contributed by atoms with Gasteiger partial charge in [-0.1, -0.05) is 30.3 Å². The smallest absolute Gasteiger partial charge is 0.338 e. The number of methoxy groups -OCH3 is 1. The maximum Gasteiger partial charge on any atom is 0.338 e. The van der Waals surface area contributed by atoms with Crippen LogP contribution in [-0.4, -0.2) is 25.0 Å². The number of ether oxygens (including phenoxy) is 1. The third kappa shape index (κ3) is 2.71. The second-order valence-electron chi connectivity index (χ2n) is 3.96. The molecule has 1 aliphatic rings. The van der Waals surface area contributed by atoms with E-state index in [-0.39, 0.29) is 5.88 Å². The van der Waals surface area contributed by atoms with Crippen LogP contribution in [0.1, 0.15) is 11.6 Å². The van der Waals surface area contributed by atoms with Gasteiger partial charge in [0.05, 0.1) is 24.6 Å². The van der Waals surface area contributed by atoms with Gasteiger partial charge < -0.3 is 15.4 Å². The molecule has 0 radical (unpaired) electrons. The van der Waals surface area contributed by atoms with E-state index in [9.17, 15) is 9.59 Å². The number of allylic oxidation sites excluding steroid dienone is 1. The van der Waals surface area contributed by atoms with Gasteiger partial charge in [0.25, 0.3) is 0 Å². The number of alkyl halides is 1. The van der Waals surface area contributed by atoms with E-state index in [1.54, 1.807) is 0 Å². The molecule has 2 amide bonds. The van der Waals surface area contributed by atoms with Crippen LogP contribution >= 0.6 is 11.6 Å². The van der Waals surface area contributed by atoms with Gasteiger partial charge in [0, 0.05) is 5.70 Å². The van der Waals surface area contributed by atoms with E-state index in [0.29, 0.717) is 11.3 Å². The molecule has 0 aliphatic carbocycles. The van der Waals surface area contributed by atoms with Gasteiger partial charge in [-0.15, -0.1) is 11.6 Å². The second kappa shape index (κ2) is 5.75. The van der Waals surface area contributed by atoms with Crippen LogP contribution in [0.3, 0.4) is 0 Å².